The van der Waals surface area contributed by atoms with Gasteiger partial charge in [0, 0.05) is 37.1 Å². The number of likely N-dealkylation sites (tertiary alicyclic amines) is 1. The van der Waals surface area contributed by atoms with E-state index < -0.39 is 11.9 Å². The van der Waals surface area contributed by atoms with Crippen LogP contribution in [0.25, 0.3) is 5.65 Å². The molecule has 4 heterocycles. The zero-order chi connectivity index (χ0) is 18.3. The molecule has 1 atom stereocenters. The lowest BCUT2D eigenvalue weighted by atomic mass is 9.94. The number of hydrogen-bond acceptors (Lipinski definition) is 4. The fraction of sp³-hybridized carbons (Fsp3) is 0.375. The van der Waals surface area contributed by atoms with Gasteiger partial charge in [-0.3, -0.25) is 9.89 Å². The quantitative estimate of drug-likeness (QED) is 0.758. The van der Waals surface area contributed by atoms with Crippen LogP contribution in [0.2, 0.25) is 0 Å². The second-order valence-corrected chi connectivity index (χ2v) is 6.24. The molecule has 7 nitrogen and oxygen atoms in total. The van der Waals surface area contributed by atoms with Crippen LogP contribution in [-0.4, -0.2) is 48.7 Å². The first-order chi connectivity index (χ1) is 12.4. The van der Waals surface area contributed by atoms with E-state index in [2.05, 4.69) is 20.3 Å². The van der Waals surface area contributed by atoms with E-state index in [1.807, 2.05) is 0 Å². The second kappa shape index (κ2) is 6.11. The molecule has 26 heavy (non-hydrogen) atoms. The van der Waals surface area contributed by atoms with E-state index in [-0.39, 0.29) is 11.8 Å². The first-order valence-electron chi connectivity index (χ1n) is 8.13. The van der Waals surface area contributed by atoms with E-state index in [0.29, 0.717) is 42.8 Å². The summed E-state index contributed by atoms with van der Waals surface area (Å²) in [5.41, 5.74) is 0.294. The van der Waals surface area contributed by atoms with Crippen molar-refractivity contribution < 1.29 is 18.0 Å². The van der Waals surface area contributed by atoms with Gasteiger partial charge in [-0.05, 0) is 25.0 Å². The summed E-state index contributed by atoms with van der Waals surface area (Å²) < 4.78 is 39.7. The average Bonchev–Trinajstić information content (AvgIpc) is 3.28. The van der Waals surface area contributed by atoms with Crippen molar-refractivity contribution in [2.75, 3.05) is 13.1 Å². The van der Waals surface area contributed by atoms with E-state index in [4.69, 9.17) is 0 Å². The first-order valence-corrected chi connectivity index (χ1v) is 8.13. The number of amides is 1. The highest BCUT2D eigenvalue weighted by Gasteiger charge is 2.35. The predicted octanol–water partition coefficient (Wildman–Crippen LogP) is 2.49. The Hall–Kier alpha value is -2.91. The molecule has 1 aliphatic heterocycles. The monoisotopic (exact) mass is 364 g/mol. The SMILES string of the molecule is O=C(c1cnn2cccnc12)N1CCCC(c2cc(C(F)(F)F)n[nH]2)C1. The standard InChI is InChI=1S/C16H15F3N6O/c17-16(18,19)13-7-12(22-23-13)10-3-1-5-24(9-10)15(26)11-8-21-25-6-2-4-20-14(11)25/h2,4,6-8,10H,1,3,5,9H2,(H,22,23). The largest absolute Gasteiger partial charge is 0.435 e. The summed E-state index contributed by atoms with van der Waals surface area (Å²) in [5, 5.41) is 9.92. The molecule has 10 heteroatoms. The van der Waals surface area contributed by atoms with Gasteiger partial charge < -0.3 is 4.90 Å². The maximum absolute atomic E-state index is 12.8. The number of carbonyl (C=O) groups excluding carboxylic acids is 1. The van der Waals surface area contributed by atoms with Gasteiger partial charge in [-0.1, -0.05) is 0 Å². The van der Waals surface area contributed by atoms with Crippen LogP contribution < -0.4 is 0 Å². The maximum atomic E-state index is 12.8. The minimum atomic E-state index is -4.48. The van der Waals surface area contributed by atoms with Crippen LogP contribution in [0.4, 0.5) is 13.2 Å². The molecular formula is C16H15F3N6O. The Morgan fingerprint density at radius 1 is 1.35 bits per heavy atom. The molecule has 136 valence electrons. The Morgan fingerprint density at radius 3 is 2.96 bits per heavy atom. The van der Waals surface area contributed by atoms with Crippen LogP contribution in [-0.2, 0) is 6.18 Å². The van der Waals surface area contributed by atoms with Crippen molar-refractivity contribution in [3.63, 3.8) is 0 Å². The van der Waals surface area contributed by atoms with Crippen LogP contribution in [0.15, 0.2) is 30.7 Å². The number of piperidine rings is 1. The molecule has 1 saturated heterocycles. The third-order valence-electron chi connectivity index (χ3n) is 4.55. The molecule has 1 fully saturated rings. The van der Waals surface area contributed by atoms with Gasteiger partial charge >= 0.3 is 6.18 Å². The number of rotatable bonds is 2. The van der Waals surface area contributed by atoms with Crippen LogP contribution in [0.5, 0.6) is 0 Å². The average molecular weight is 364 g/mol. The van der Waals surface area contributed by atoms with Crippen LogP contribution in [0.3, 0.4) is 0 Å². The number of alkyl halides is 3. The molecule has 0 saturated carbocycles. The molecule has 1 aliphatic rings. The van der Waals surface area contributed by atoms with Crippen LogP contribution >= 0.6 is 0 Å². The third-order valence-corrected chi connectivity index (χ3v) is 4.55. The number of aromatic amines is 1. The zero-order valence-electron chi connectivity index (χ0n) is 13.6. The van der Waals surface area contributed by atoms with Gasteiger partial charge in [0.25, 0.3) is 5.91 Å². The summed E-state index contributed by atoms with van der Waals surface area (Å²) in [6.07, 6.45) is 1.64. The van der Waals surface area contributed by atoms with Crippen LogP contribution in [0.1, 0.15) is 40.5 Å². The predicted molar refractivity (Wildman–Crippen MR) is 84.5 cm³/mol. The van der Waals surface area contributed by atoms with E-state index in [9.17, 15) is 18.0 Å². The van der Waals surface area contributed by atoms with Gasteiger partial charge in [-0.2, -0.15) is 23.4 Å². The molecule has 3 aromatic rings. The fourth-order valence-electron chi connectivity index (χ4n) is 3.25. The first kappa shape index (κ1) is 16.6. The number of hydrogen-bond donors (Lipinski definition) is 1. The van der Waals surface area contributed by atoms with E-state index >= 15 is 0 Å². The van der Waals surface area contributed by atoms with Crippen molar-refractivity contribution in [2.24, 2.45) is 0 Å². The summed E-state index contributed by atoms with van der Waals surface area (Å²) in [5.74, 6) is -0.440. The molecular weight excluding hydrogens is 349 g/mol. The number of halogens is 3. The Bertz CT molecular complexity index is 947. The topological polar surface area (TPSA) is 79.2 Å². The summed E-state index contributed by atoms with van der Waals surface area (Å²) >= 11 is 0. The highest BCUT2D eigenvalue weighted by Crippen LogP contribution is 2.32. The maximum Gasteiger partial charge on any atom is 0.435 e. The third kappa shape index (κ3) is 2.91. The van der Waals surface area contributed by atoms with Gasteiger partial charge in [0.2, 0.25) is 0 Å². The smallest absolute Gasteiger partial charge is 0.338 e. The highest BCUT2D eigenvalue weighted by molar-refractivity contribution is 5.99. The van der Waals surface area contributed by atoms with Crippen molar-refractivity contribution in [3.05, 3.63) is 47.7 Å². The Morgan fingerprint density at radius 2 is 2.19 bits per heavy atom. The lowest BCUT2D eigenvalue weighted by Gasteiger charge is -2.32. The highest BCUT2D eigenvalue weighted by atomic mass is 19.4. The molecule has 3 aromatic heterocycles. The number of fused-ring (bicyclic) bond motifs is 1. The summed E-state index contributed by atoms with van der Waals surface area (Å²) in [4.78, 5) is 18.7. The molecule has 0 aliphatic carbocycles. The number of nitrogens with zero attached hydrogens (tertiary/aromatic N) is 5. The zero-order valence-corrected chi connectivity index (χ0v) is 13.6. The summed E-state index contributed by atoms with van der Waals surface area (Å²) in [6.45, 7) is 0.863. The molecule has 1 N–H and O–H groups in total. The van der Waals surface area contributed by atoms with Gasteiger partial charge in [0.15, 0.2) is 11.3 Å². The second-order valence-electron chi connectivity index (χ2n) is 6.24. The number of nitrogens with one attached hydrogen (secondary N) is 1. The Kier molecular flexibility index (Phi) is 3.89. The van der Waals surface area contributed by atoms with E-state index in [0.717, 1.165) is 6.07 Å². The molecule has 0 spiro atoms. The van der Waals surface area contributed by atoms with Gasteiger partial charge in [0.1, 0.15) is 5.56 Å². The van der Waals surface area contributed by atoms with Crippen molar-refractivity contribution in [3.8, 4) is 0 Å². The van der Waals surface area contributed by atoms with Gasteiger partial charge in [0.05, 0.1) is 6.20 Å². The molecule has 0 bridgehead atoms. The molecule has 0 radical (unpaired) electrons. The minimum Gasteiger partial charge on any atom is -0.338 e. The van der Waals surface area contributed by atoms with Crippen LogP contribution in [0, 0.1) is 0 Å². The van der Waals surface area contributed by atoms with E-state index in [1.165, 1.54) is 10.7 Å². The molecule has 0 aromatic carbocycles. The van der Waals surface area contributed by atoms with Crippen molar-refractivity contribution in [2.45, 2.75) is 24.9 Å². The lowest BCUT2D eigenvalue weighted by Crippen LogP contribution is -2.39. The number of H-pyrrole nitrogens is 1. The van der Waals surface area contributed by atoms with Crippen molar-refractivity contribution >= 4 is 11.6 Å². The van der Waals surface area contributed by atoms with Gasteiger partial charge in [-0.25, -0.2) is 9.50 Å². The Balaban J connectivity index is 1.55. The van der Waals surface area contributed by atoms with E-state index in [1.54, 1.807) is 23.4 Å². The minimum absolute atomic E-state index is 0.217. The van der Waals surface area contributed by atoms with Crippen molar-refractivity contribution in [1.29, 1.82) is 0 Å². The number of aromatic nitrogens is 5. The van der Waals surface area contributed by atoms with Gasteiger partial charge in [-0.15, -0.1) is 0 Å². The molecule has 1 amide bonds. The van der Waals surface area contributed by atoms with Crippen molar-refractivity contribution in [1.82, 2.24) is 29.7 Å². The fourth-order valence-corrected chi connectivity index (χ4v) is 3.25. The number of carbonyl (C=O) groups is 1. The molecule has 4 rings (SSSR count). The summed E-state index contributed by atoms with van der Waals surface area (Å²) in [6, 6.07) is 2.73. The Labute approximate surface area is 145 Å². The summed E-state index contributed by atoms with van der Waals surface area (Å²) in [7, 11) is 0. The molecule has 1 unspecified atom stereocenters. The normalized spacial score (nSPS) is 18.4. The lowest BCUT2D eigenvalue weighted by molar-refractivity contribution is -0.141.